The number of benzene rings is 3. The summed E-state index contributed by atoms with van der Waals surface area (Å²) in [7, 11) is -6.85. The van der Waals surface area contributed by atoms with Crippen molar-refractivity contribution in [2.75, 3.05) is 31.5 Å². The van der Waals surface area contributed by atoms with E-state index < -0.39 is 49.8 Å². The van der Waals surface area contributed by atoms with E-state index >= 15 is 0 Å². The molecule has 0 saturated carbocycles. The number of carbonyl (C=O) groups is 1. The van der Waals surface area contributed by atoms with Gasteiger partial charge < -0.3 is 14.7 Å². The smallest absolute Gasteiger partial charge is 0.262 e. The average molecular weight is 640 g/mol. The summed E-state index contributed by atoms with van der Waals surface area (Å²) in [5, 5.41) is 10.2. The lowest BCUT2D eigenvalue weighted by atomic mass is 9.99. The number of carbonyl (C=O) groups excluding carboxylic acids is 1. The number of fused-ring (bicyclic) bond motifs is 1. The Hall–Kier alpha value is -3.23. The highest BCUT2D eigenvalue weighted by atomic mass is 35.5. The van der Waals surface area contributed by atoms with Crippen LogP contribution in [0.2, 0.25) is 5.02 Å². The molecule has 0 saturated heterocycles. The molecule has 10 nitrogen and oxygen atoms in total. The first-order valence-corrected chi connectivity index (χ1v) is 16.3. The Bertz CT molecular complexity index is 1650. The SMILES string of the molecule is C[C@@H]1CN([C@@H](C)CO)C(=O)c2cccc(NS(=O)(=O)c3ccc(Cl)cc3)c2O[C@@H]1CN(C)S(=O)(=O)c1ccc(F)cc1. The van der Waals surface area contributed by atoms with Gasteiger partial charge in [-0.05, 0) is 67.6 Å². The van der Waals surface area contributed by atoms with Gasteiger partial charge in [-0.1, -0.05) is 24.6 Å². The fraction of sp³-hybridized carbons (Fsp3) is 0.321. The molecule has 3 atom stereocenters. The molecule has 1 aliphatic heterocycles. The number of anilines is 1. The first kappa shape index (κ1) is 31.7. The molecule has 42 heavy (non-hydrogen) atoms. The van der Waals surface area contributed by atoms with E-state index in [4.69, 9.17) is 16.3 Å². The molecule has 3 aromatic carbocycles. The van der Waals surface area contributed by atoms with Crippen molar-refractivity contribution in [3.63, 3.8) is 0 Å². The van der Waals surface area contributed by atoms with E-state index in [1.54, 1.807) is 13.8 Å². The predicted octanol–water partition coefficient (Wildman–Crippen LogP) is 3.82. The van der Waals surface area contributed by atoms with Gasteiger partial charge in [0.05, 0.1) is 40.2 Å². The van der Waals surface area contributed by atoms with Gasteiger partial charge in [-0.25, -0.2) is 21.2 Å². The molecular formula is C28H31ClFN3O7S2. The number of aliphatic hydroxyl groups is 1. The number of para-hydroxylation sites is 1. The standard InChI is InChI=1S/C28H31ClFN3O7S2/c1-18-15-33(19(2)17-34)28(35)24-5-4-6-25(31-41(36,37)22-11-7-20(29)8-12-22)27(24)40-26(18)16-32(3)42(38,39)23-13-9-21(30)10-14-23/h4-14,18-19,26,31,34H,15-17H2,1-3H3/t18-,19+,26-/m1/s1. The minimum absolute atomic E-state index is 0.0319. The Morgan fingerprint density at radius 3 is 2.31 bits per heavy atom. The van der Waals surface area contributed by atoms with Crippen molar-refractivity contribution in [3.8, 4) is 5.75 Å². The topological polar surface area (TPSA) is 133 Å². The van der Waals surface area contributed by atoms with Gasteiger partial charge in [0, 0.05) is 24.5 Å². The maximum absolute atomic E-state index is 13.7. The summed E-state index contributed by atoms with van der Waals surface area (Å²) in [4.78, 5) is 14.9. The Balaban J connectivity index is 1.76. The third-order valence-corrected chi connectivity index (χ3v) is 10.5. The van der Waals surface area contributed by atoms with Gasteiger partial charge in [0.25, 0.3) is 15.9 Å². The van der Waals surface area contributed by atoms with Gasteiger partial charge in [0.1, 0.15) is 11.9 Å². The lowest BCUT2D eigenvalue weighted by Gasteiger charge is -2.38. The van der Waals surface area contributed by atoms with Crippen LogP contribution in [-0.4, -0.2) is 75.9 Å². The van der Waals surface area contributed by atoms with Gasteiger partial charge in [0.2, 0.25) is 10.0 Å². The van der Waals surface area contributed by atoms with Crippen LogP contribution in [0.5, 0.6) is 5.75 Å². The summed E-state index contributed by atoms with van der Waals surface area (Å²) in [5.41, 5.74) is 0.00287. The molecule has 0 aliphatic carbocycles. The van der Waals surface area contributed by atoms with Gasteiger partial charge in [-0.3, -0.25) is 9.52 Å². The average Bonchev–Trinajstić information content (AvgIpc) is 2.95. The molecule has 226 valence electrons. The maximum atomic E-state index is 13.7. The summed E-state index contributed by atoms with van der Waals surface area (Å²) >= 11 is 5.91. The summed E-state index contributed by atoms with van der Waals surface area (Å²) in [6.07, 6.45) is -0.869. The number of ether oxygens (including phenoxy) is 1. The van der Waals surface area contributed by atoms with E-state index in [1.165, 1.54) is 54.4 Å². The van der Waals surface area contributed by atoms with E-state index in [2.05, 4.69) is 4.72 Å². The van der Waals surface area contributed by atoms with Crippen LogP contribution < -0.4 is 9.46 Å². The highest BCUT2D eigenvalue weighted by Crippen LogP contribution is 2.36. The van der Waals surface area contributed by atoms with Crippen molar-refractivity contribution >= 4 is 43.2 Å². The highest BCUT2D eigenvalue weighted by molar-refractivity contribution is 7.92. The van der Waals surface area contributed by atoms with Gasteiger partial charge in [-0.2, -0.15) is 4.31 Å². The van der Waals surface area contributed by atoms with Gasteiger partial charge in [-0.15, -0.1) is 0 Å². The second kappa shape index (κ2) is 12.6. The molecule has 0 aromatic heterocycles. The number of nitrogens with zero attached hydrogens (tertiary/aromatic N) is 2. The minimum Gasteiger partial charge on any atom is -0.486 e. The van der Waals surface area contributed by atoms with Crippen LogP contribution in [0.1, 0.15) is 24.2 Å². The normalized spacial score (nSPS) is 18.5. The number of hydrogen-bond acceptors (Lipinski definition) is 7. The number of rotatable bonds is 9. The summed E-state index contributed by atoms with van der Waals surface area (Å²) in [6, 6.07) is 13.7. The molecule has 0 spiro atoms. The molecule has 0 radical (unpaired) electrons. The van der Waals surface area contributed by atoms with Crippen molar-refractivity contribution in [1.29, 1.82) is 0 Å². The molecule has 0 bridgehead atoms. The van der Waals surface area contributed by atoms with Crippen molar-refractivity contribution in [2.24, 2.45) is 5.92 Å². The molecule has 0 unspecified atom stereocenters. The monoisotopic (exact) mass is 639 g/mol. The van der Waals surface area contributed by atoms with Crippen molar-refractivity contribution < 1.29 is 35.9 Å². The second-order valence-electron chi connectivity index (χ2n) is 10.1. The zero-order valence-electron chi connectivity index (χ0n) is 23.1. The van der Waals surface area contributed by atoms with E-state index in [0.717, 1.165) is 28.6 Å². The van der Waals surface area contributed by atoms with Crippen LogP contribution in [0, 0.1) is 11.7 Å². The molecule has 0 fully saturated rings. The van der Waals surface area contributed by atoms with Crippen LogP contribution in [0.3, 0.4) is 0 Å². The third kappa shape index (κ3) is 6.70. The summed E-state index contributed by atoms with van der Waals surface area (Å²) in [5.74, 6) is -1.62. The number of amides is 1. The van der Waals surface area contributed by atoms with Crippen LogP contribution in [0.4, 0.5) is 10.1 Å². The Labute approximate surface area is 249 Å². The lowest BCUT2D eigenvalue weighted by Crippen LogP contribution is -2.50. The lowest BCUT2D eigenvalue weighted by molar-refractivity contribution is 0.0389. The fourth-order valence-electron chi connectivity index (χ4n) is 4.50. The number of aliphatic hydroxyl groups excluding tert-OH is 1. The predicted molar refractivity (Wildman–Crippen MR) is 156 cm³/mol. The molecule has 1 amide bonds. The quantitative estimate of drug-likeness (QED) is 0.364. The Kier molecular flexibility index (Phi) is 9.48. The van der Waals surface area contributed by atoms with Crippen LogP contribution in [0.25, 0.3) is 0 Å². The van der Waals surface area contributed by atoms with Gasteiger partial charge >= 0.3 is 0 Å². The summed E-state index contributed by atoms with van der Waals surface area (Å²) in [6.45, 7) is 3.03. The minimum atomic E-state index is -4.14. The number of sulfonamides is 2. The first-order valence-electron chi connectivity index (χ1n) is 13.0. The first-order chi connectivity index (χ1) is 19.7. The van der Waals surface area contributed by atoms with Crippen LogP contribution >= 0.6 is 11.6 Å². The molecule has 14 heteroatoms. The van der Waals surface area contributed by atoms with Crippen molar-refractivity contribution in [1.82, 2.24) is 9.21 Å². The molecule has 2 N–H and O–H groups in total. The summed E-state index contributed by atoms with van der Waals surface area (Å²) < 4.78 is 76.3. The van der Waals surface area contributed by atoms with Crippen LogP contribution in [0.15, 0.2) is 76.5 Å². The largest absolute Gasteiger partial charge is 0.486 e. The number of hydrogen-bond donors (Lipinski definition) is 2. The molecule has 3 aromatic rings. The number of nitrogens with one attached hydrogen (secondary N) is 1. The molecular weight excluding hydrogens is 609 g/mol. The molecule has 4 rings (SSSR count). The van der Waals surface area contributed by atoms with Crippen LogP contribution in [-0.2, 0) is 20.0 Å². The Morgan fingerprint density at radius 2 is 1.69 bits per heavy atom. The second-order valence-corrected chi connectivity index (χ2v) is 14.3. The van der Waals surface area contributed by atoms with E-state index in [0.29, 0.717) is 5.02 Å². The van der Waals surface area contributed by atoms with E-state index in [1.807, 2.05) is 0 Å². The number of likely N-dealkylation sites (N-methyl/N-ethyl adjacent to an activating group) is 1. The number of halogens is 2. The van der Waals surface area contributed by atoms with Gasteiger partial charge in [0.15, 0.2) is 5.75 Å². The zero-order chi connectivity index (χ0) is 30.8. The third-order valence-electron chi connectivity index (χ3n) is 7.02. The molecule has 1 heterocycles. The maximum Gasteiger partial charge on any atom is 0.262 e. The van der Waals surface area contributed by atoms with E-state index in [-0.39, 0.29) is 46.5 Å². The zero-order valence-corrected chi connectivity index (χ0v) is 25.5. The van der Waals surface area contributed by atoms with E-state index in [9.17, 15) is 31.1 Å². The molecule has 1 aliphatic rings. The highest BCUT2D eigenvalue weighted by Gasteiger charge is 2.36. The Morgan fingerprint density at radius 1 is 1.07 bits per heavy atom. The van der Waals surface area contributed by atoms with Crippen molar-refractivity contribution in [2.45, 2.75) is 35.8 Å². The fourth-order valence-corrected chi connectivity index (χ4v) is 6.87. The van der Waals surface area contributed by atoms with Crippen molar-refractivity contribution in [3.05, 3.63) is 83.1 Å².